The van der Waals surface area contributed by atoms with Gasteiger partial charge in [-0.05, 0) is 11.1 Å². The van der Waals surface area contributed by atoms with Crippen LogP contribution in [0.15, 0.2) is 54.6 Å². The summed E-state index contributed by atoms with van der Waals surface area (Å²) in [5.41, 5.74) is 1.93. The Kier molecular flexibility index (Phi) is 5.21. The van der Waals surface area contributed by atoms with E-state index < -0.39 is 6.43 Å². The smallest absolute Gasteiger partial charge is 0.263 e. The van der Waals surface area contributed by atoms with Crippen LogP contribution in [0.5, 0.6) is 0 Å². The zero-order valence-electron chi connectivity index (χ0n) is 11.0. The third kappa shape index (κ3) is 3.85. The average molecular weight is 277 g/mol. The molecule has 2 rings (SSSR count). The van der Waals surface area contributed by atoms with Gasteiger partial charge in [0, 0.05) is 12.1 Å². The molecule has 0 fully saturated rings. The van der Waals surface area contributed by atoms with Crippen molar-refractivity contribution in [3.8, 4) is 0 Å². The number of nitrogens with one attached hydrogen (secondary N) is 1. The highest BCUT2D eigenvalue weighted by Crippen LogP contribution is 2.19. The van der Waals surface area contributed by atoms with Crippen LogP contribution in [-0.2, 0) is 6.54 Å². The molecule has 2 aromatic rings. The molecule has 0 aromatic heterocycles. The minimum atomic E-state index is -2.44. The molecule has 2 N–H and O–H groups in total. The maximum Gasteiger partial charge on any atom is 0.263 e. The first-order valence-electron chi connectivity index (χ1n) is 6.47. The van der Waals surface area contributed by atoms with Crippen molar-refractivity contribution in [2.45, 2.75) is 19.0 Å². The average Bonchev–Trinajstić information content (AvgIpc) is 2.49. The highest BCUT2D eigenvalue weighted by Gasteiger charge is 2.10. The molecule has 0 heterocycles. The number of halogens is 2. The Morgan fingerprint density at radius 3 is 2.10 bits per heavy atom. The summed E-state index contributed by atoms with van der Waals surface area (Å²) in [5, 5.41) is 12.6. The summed E-state index contributed by atoms with van der Waals surface area (Å²) in [7, 11) is 0. The zero-order chi connectivity index (χ0) is 14.4. The summed E-state index contributed by atoms with van der Waals surface area (Å²) < 4.78 is 24.9. The Balaban J connectivity index is 1.96. The molecular formula is C16H17F2NO. The van der Waals surface area contributed by atoms with Gasteiger partial charge in [0.2, 0.25) is 0 Å². The third-order valence-corrected chi connectivity index (χ3v) is 3.17. The highest BCUT2D eigenvalue weighted by molar-refractivity contribution is 5.24. The Labute approximate surface area is 117 Å². The van der Waals surface area contributed by atoms with Gasteiger partial charge in [0.25, 0.3) is 6.43 Å². The standard InChI is InChI=1S/C16H17F2NO/c17-16(18)14-8-6-12(7-9-14)10-19-15(11-20)13-4-2-1-3-5-13/h1-9,15-16,19-20H,10-11H2/t15-/m1/s1. The van der Waals surface area contributed by atoms with E-state index in [1.807, 2.05) is 30.3 Å². The molecule has 0 bridgehead atoms. The van der Waals surface area contributed by atoms with Gasteiger partial charge in [-0.15, -0.1) is 0 Å². The van der Waals surface area contributed by atoms with Crippen molar-refractivity contribution in [2.75, 3.05) is 6.61 Å². The number of hydrogen-bond acceptors (Lipinski definition) is 2. The molecule has 0 radical (unpaired) electrons. The largest absolute Gasteiger partial charge is 0.394 e. The minimum Gasteiger partial charge on any atom is -0.394 e. The molecule has 0 amide bonds. The molecule has 2 aromatic carbocycles. The molecule has 0 spiro atoms. The van der Waals surface area contributed by atoms with E-state index in [1.54, 1.807) is 12.1 Å². The van der Waals surface area contributed by atoms with Crippen molar-refractivity contribution >= 4 is 0 Å². The van der Waals surface area contributed by atoms with E-state index in [1.165, 1.54) is 12.1 Å². The zero-order valence-corrected chi connectivity index (χ0v) is 11.0. The second-order valence-electron chi connectivity index (χ2n) is 4.57. The highest BCUT2D eigenvalue weighted by atomic mass is 19.3. The summed E-state index contributed by atoms with van der Waals surface area (Å²) in [6.07, 6.45) is -2.44. The molecule has 4 heteroatoms. The van der Waals surface area contributed by atoms with Crippen LogP contribution in [0.4, 0.5) is 8.78 Å². The van der Waals surface area contributed by atoms with Crippen molar-refractivity contribution in [3.63, 3.8) is 0 Å². The molecule has 0 aliphatic rings. The number of benzene rings is 2. The summed E-state index contributed by atoms with van der Waals surface area (Å²) in [6, 6.07) is 15.7. The fraction of sp³-hybridized carbons (Fsp3) is 0.250. The maximum absolute atomic E-state index is 12.4. The third-order valence-electron chi connectivity index (χ3n) is 3.17. The maximum atomic E-state index is 12.4. The Morgan fingerprint density at radius 2 is 1.55 bits per heavy atom. The van der Waals surface area contributed by atoms with Crippen LogP contribution in [0.2, 0.25) is 0 Å². The normalized spacial score (nSPS) is 12.6. The number of aliphatic hydroxyl groups excluding tert-OH is 1. The first kappa shape index (κ1) is 14.6. The van der Waals surface area contributed by atoms with Crippen LogP contribution in [0.1, 0.15) is 29.2 Å². The predicted octanol–water partition coefficient (Wildman–Crippen LogP) is 3.45. The lowest BCUT2D eigenvalue weighted by Crippen LogP contribution is -2.23. The van der Waals surface area contributed by atoms with E-state index in [0.29, 0.717) is 6.54 Å². The first-order valence-corrected chi connectivity index (χ1v) is 6.47. The van der Waals surface area contributed by atoms with Gasteiger partial charge in [-0.2, -0.15) is 0 Å². The molecule has 2 nitrogen and oxygen atoms in total. The molecule has 0 aliphatic heterocycles. The molecule has 0 aliphatic carbocycles. The van der Waals surface area contributed by atoms with Gasteiger partial charge < -0.3 is 10.4 Å². The summed E-state index contributed by atoms with van der Waals surface area (Å²) in [5.74, 6) is 0. The summed E-state index contributed by atoms with van der Waals surface area (Å²) in [4.78, 5) is 0. The molecule has 1 atom stereocenters. The minimum absolute atomic E-state index is 0.0148. The summed E-state index contributed by atoms with van der Waals surface area (Å²) in [6.45, 7) is 0.503. The van der Waals surface area contributed by atoms with Crippen molar-refractivity contribution in [3.05, 3.63) is 71.3 Å². The van der Waals surface area contributed by atoms with Gasteiger partial charge in [-0.1, -0.05) is 54.6 Å². The Morgan fingerprint density at radius 1 is 0.900 bits per heavy atom. The van der Waals surface area contributed by atoms with Crippen LogP contribution >= 0.6 is 0 Å². The van der Waals surface area contributed by atoms with E-state index in [0.717, 1.165) is 11.1 Å². The molecule has 0 saturated carbocycles. The van der Waals surface area contributed by atoms with Gasteiger partial charge in [0.1, 0.15) is 0 Å². The van der Waals surface area contributed by atoms with Crippen molar-refractivity contribution in [2.24, 2.45) is 0 Å². The van der Waals surface area contributed by atoms with E-state index in [4.69, 9.17) is 0 Å². The Hall–Kier alpha value is -1.78. The fourth-order valence-corrected chi connectivity index (χ4v) is 2.00. The SMILES string of the molecule is OC[C@@H](NCc1ccc(C(F)F)cc1)c1ccccc1. The number of rotatable bonds is 6. The topological polar surface area (TPSA) is 32.3 Å². The van der Waals surface area contributed by atoms with Crippen LogP contribution in [0, 0.1) is 0 Å². The number of hydrogen-bond donors (Lipinski definition) is 2. The molecule has 0 saturated heterocycles. The summed E-state index contributed by atoms with van der Waals surface area (Å²) >= 11 is 0. The number of aliphatic hydroxyl groups is 1. The van der Waals surface area contributed by atoms with Crippen molar-refractivity contribution in [1.29, 1.82) is 0 Å². The second-order valence-corrected chi connectivity index (χ2v) is 4.57. The van der Waals surface area contributed by atoms with Crippen LogP contribution in [0.25, 0.3) is 0 Å². The lowest BCUT2D eigenvalue weighted by molar-refractivity contribution is 0.151. The van der Waals surface area contributed by atoms with Gasteiger partial charge in [-0.25, -0.2) is 8.78 Å². The predicted molar refractivity (Wildman–Crippen MR) is 74.5 cm³/mol. The van der Waals surface area contributed by atoms with E-state index >= 15 is 0 Å². The van der Waals surface area contributed by atoms with E-state index in [-0.39, 0.29) is 18.2 Å². The fourth-order valence-electron chi connectivity index (χ4n) is 2.00. The van der Waals surface area contributed by atoms with Crippen LogP contribution in [0.3, 0.4) is 0 Å². The Bertz CT molecular complexity index is 514. The van der Waals surface area contributed by atoms with Gasteiger partial charge in [0.05, 0.1) is 12.6 Å². The van der Waals surface area contributed by atoms with Crippen LogP contribution < -0.4 is 5.32 Å². The molecule has 0 unspecified atom stereocenters. The first-order chi connectivity index (χ1) is 9.70. The van der Waals surface area contributed by atoms with Gasteiger partial charge >= 0.3 is 0 Å². The second kappa shape index (κ2) is 7.12. The molecule has 20 heavy (non-hydrogen) atoms. The molecular weight excluding hydrogens is 260 g/mol. The van der Waals surface area contributed by atoms with E-state index in [9.17, 15) is 13.9 Å². The van der Waals surface area contributed by atoms with Gasteiger partial charge in [0.15, 0.2) is 0 Å². The van der Waals surface area contributed by atoms with Gasteiger partial charge in [-0.3, -0.25) is 0 Å². The lowest BCUT2D eigenvalue weighted by atomic mass is 10.1. The van der Waals surface area contributed by atoms with Crippen molar-refractivity contribution in [1.82, 2.24) is 5.32 Å². The van der Waals surface area contributed by atoms with Crippen molar-refractivity contribution < 1.29 is 13.9 Å². The van der Waals surface area contributed by atoms with E-state index in [2.05, 4.69) is 5.32 Å². The van der Waals surface area contributed by atoms with Crippen LogP contribution in [-0.4, -0.2) is 11.7 Å². The lowest BCUT2D eigenvalue weighted by Gasteiger charge is -2.16. The number of alkyl halides is 2. The quantitative estimate of drug-likeness (QED) is 0.847. The molecule has 106 valence electrons. The monoisotopic (exact) mass is 277 g/mol.